The zero-order chi connectivity index (χ0) is 10.8. The number of hydrogen-bond acceptors (Lipinski definition) is 4. The average molecular weight is 207 g/mol. The van der Waals surface area contributed by atoms with Gasteiger partial charge in [-0.05, 0) is 23.3 Å². The van der Waals surface area contributed by atoms with Gasteiger partial charge in [0.2, 0.25) is 0 Å². The highest BCUT2D eigenvalue weighted by atomic mass is 16.7. The van der Waals surface area contributed by atoms with Gasteiger partial charge in [0.05, 0.1) is 7.11 Å². The summed E-state index contributed by atoms with van der Waals surface area (Å²) in [4.78, 5) is 10.9. The molecule has 0 radical (unpaired) electrons. The third-order valence-corrected chi connectivity index (χ3v) is 2.56. The van der Waals surface area contributed by atoms with Crippen LogP contribution in [0.15, 0.2) is 18.2 Å². The summed E-state index contributed by atoms with van der Waals surface area (Å²) >= 11 is 0. The van der Waals surface area contributed by atoms with E-state index in [4.69, 9.17) is 10.5 Å². The van der Waals surface area contributed by atoms with Crippen LogP contribution in [0.3, 0.4) is 0 Å². The lowest BCUT2D eigenvalue weighted by Crippen LogP contribution is -2.18. The zero-order valence-corrected chi connectivity index (χ0v) is 8.53. The molecule has 80 valence electrons. The molecule has 1 aliphatic rings. The number of fused-ring (bicyclic) bond motifs is 1. The van der Waals surface area contributed by atoms with E-state index < -0.39 is 6.16 Å². The van der Waals surface area contributed by atoms with Gasteiger partial charge in [-0.1, -0.05) is 6.07 Å². The zero-order valence-electron chi connectivity index (χ0n) is 8.53. The highest BCUT2D eigenvalue weighted by Crippen LogP contribution is 2.26. The normalized spacial score (nSPS) is 18.3. The quantitative estimate of drug-likeness (QED) is 0.560. The van der Waals surface area contributed by atoms with Gasteiger partial charge in [0.15, 0.2) is 0 Å². The number of carbonyl (C=O) groups excluding carboxylic acids is 1. The number of rotatable bonds is 1. The van der Waals surface area contributed by atoms with Crippen molar-refractivity contribution in [2.45, 2.75) is 18.9 Å². The van der Waals surface area contributed by atoms with Gasteiger partial charge in [-0.15, -0.1) is 0 Å². The first-order chi connectivity index (χ1) is 7.19. The lowest BCUT2D eigenvalue weighted by molar-refractivity contribution is 0.0408. The molecule has 1 aliphatic carbocycles. The van der Waals surface area contributed by atoms with E-state index in [-0.39, 0.29) is 6.10 Å². The fourth-order valence-electron chi connectivity index (χ4n) is 1.87. The Morgan fingerprint density at radius 3 is 2.87 bits per heavy atom. The van der Waals surface area contributed by atoms with Crippen LogP contribution in [0, 0.1) is 0 Å². The molecule has 1 atom stereocenters. The molecule has 0 amide bonds. The number of hydrogen-bond donors (Lipinski definition) is 1. The van der Waals surface area contributed by atoms with Crippen molar-refractivity contribution in [3.8, 4) is 0 Å². The van der Waals surface area contributed by atoms with Gasteiger partial charge in [0.25, 0.3) is 0 Å². The average Bonchev–Trinajstić information content (AvgIpc) is 2.59. The Morgan fingerprint density at radius 2 is 2.13 bits per heavy atom. The number of benzene rings is 1. The van der Waals surface area contributed by atoms with Gasteiger partial charge in [-0.25, -0.2) is 4.79 Å². The van der Waals surface area contributed by atoms with E-state index in [0.29, 0.717) is 0 Å². The van der Waals surface area contributed by atoms with Crippen molar-refractivity contribution in [3.05, 3.63) is 29.3 Å². The Balaban J connectivity index is 2.06. The van der Waals surface area contributed by atoms with Crippen LogP contribution in [-0.2, 0) is 22.3 Å². The summed E-state index contributed by atoms with van der Waals surface area (Å²) in [5.74, 6) is 0. The van der Waals surface area contributed by atoms with Gasteiger partial charge in [0, 0.05) is 18.5 Å². The summed E-state index contributed by atoms with van der Waals surface area (Å²) in [5, 5.41) is 0. The van der Waals surface area contributed by atoms with Crippen molar-refractivity contribution in [2.75, 3.05) is 12.8 Å². The van der Waals surface area contributed by atoms with Crippen molar-refractivity contribution in [3.63, 3.8) is 0 Å². The number of nitrogen functional groups attached to an aromatic ring is 1. The summed E-state index contributed by atoms with van der Waals surface area (Å²) in [7, 11) is 1.31. The number of ether oxygens (including phenoxy) is 2. The predicted octanol–water partition coefficient (Wildman–Crippen LogP) is 1.52. The molecule has 0 aliphatic heterocycles. The minimum atomic E-state index is -0.624. The fourth-order valence-corrected chi connectivity index (χ4v) is 1.87. The minimum absolute atomic E-state index is 0.116. The molecule has 0 unspecified atom stereocenters. The Labute approximate surface area is 88.0 Å². The van der Waals surface area contributed by atoms with E-state index in [2.05, 4.69) is 4.74 Å². The van der Waals surface area contributed by atoms with Gasteiger partial charge in [-0.3, -0.25) is 0 Å². The first-order valence-corrected chi connectivity index (χ1v) is 4.81. The maximum absolute atomic E-state index is 10.9. The standard InChI is InChI=1S/C11H13NO3/c1-14-11(13)15-10-5-7-2-3-9(12)4-8(7)6-10/h2-4,10H,5-6,12H2,1H3/t10-/m1/s1. The molecule has 0 saturated carbocycles. The predicted molar refractivity (Wildman–Crippen MR) is 55.5 cm³/mol. The molecule has 0 aromatic heterocycles. The van der Waals surface area contributed by atoms with Crippen LogP contribution in [0.5, 0.6) is 0 Å². The maximum atomic E-state index is 10.9. The summed E-state index contributed by atoms with van der Waals surface area (Å²) in [6.07, 6.45) is 0.718. The number of nitrogens with two attached hydrogens (primary N) is 1. The Morgan fingerprint density at radius 1 is 1.40 bits per heavy atom. The lowest BCUT2D eigenvalue weighted by Gasteiger charge is -2.08. The van der Waals surface area contributed by atoms with Crippen LogP contribution in [-0.4, -0.2) is 19.4 Å². The van der Waals surface area contributed by atoms with E-state index in [1.807, 2.05) is 18.2 Å². The summed E-state index contributed by atoms with van der Waals surface area (Å²) < 4.78 is 9.53. The molecule has 15 heavy (non-hydrogen) atoms. The number of carbonyl (C=O) groups is 1. The van der Waals surface area contributed by atoms with E-state index >= 15 is 0 Å². The molecule has 0 saturated heterocycles. The smallest absolute Gasteiger partial charge is 0.438 e. The third-order valence-electron chi connectivity index (χ3n) is 2.56. The van der Waals surface area contributed by atoms with E-state index in [0.717, 1.165) is 24.1 Å². The maximum Gasteiger partial charge on any atom is 0.508 e. The van der Waals surface area contributed by atoms with Crippen molar-refractivity contribution < 1.29 is 14.3 Å². The summed E-state index contributed by atoms with van der Waals surface area (Å²) in [5.41, 5.74) is 8.76. The Hall–Kier alpha value is -1.71. The molecule has 2 rings (SSSR count). The molecular formula is C11H13NO3. The first-order valence-electron chi connectivity index (χ1n) is 4.81. The van der Waals surface area contributed by atoms with Gasteiger partial charge >= 0.3 is 6.16 Å². The highest BCUT2D eigenvalue weighted by Gasteiger charge is 2.24. The topological polar surface area (TPSA) is 61.5 Å². The first kappa shape index (κ1) is 9.83. The van der Waals surface area contributed by atoms with Gasteiger partial charge < -0.3 is 15.2 Å². The van der Waals surface area contributed by atoms with Crippen molar-refractivity contribution in [1.29, 1.82) is 0 Å². The van der Waals surface area contributed by atoms with E-state index in [1.54, 1.807) is 0 Å². The highest BCUT2D eigenvalue weighted by molar-refractivity contribution is 5.60. The summed E-state index contributed by atoms with van der Waals surface area (Å²) in [6, 6.07) is 5.76. The van der Waals surface area contributed by atoms with Crippen LogP contribution >= 0.6 is 0 Å². The van der Waals surface area contributed by atoms with Crippen molar-refractivity contribution in [1.82, 2.24) is 0 Å². The molecule has 4 heteroatoms. The fraction of sp³-hybridized carbons (Fsp3) is 0.364. The number of methoxy groups -OCH3 is 1. The third kappa shape index (κ3) is 2.03. The van der Waals surface area contributed by atoms with Crippen LogP contribution in [0.2, 0.25) is 0 Å². The molecule has 1 aromatic carbocycles. The van der Waals surface area contributed by atoms with E-state index in [9.17, 15) is 4.79 Å². The second-order valence-electron chi connectivity index (χ2n) is 3.63. The second-order valence-corrected chi connectivity index (χ2v) is 3.63. The van der Waals surface area contributed by atoms with Crippen LogP contribution < -0.4 is 5.73 Å². The minimum Gasteiger partial charge on any atom is -0.438 e. The molecule has 0 heterocycles. The van der Waals surface area contributed by atoms with Gasteiger partial charge in [0.1, 0.15) is 6.10 Å². The SMILES string of the molecule is COC(=O)O[C@@H]1Cc2ccc(N)cc2C1. The largest absolute Gasteiger partial charge is 0.508 e. The van der Waals surface area contributed by atoms with Gasteiger partial charge in [-0.2, -0.15) is 0 Å². The second kappa shape index (κ2) is 3.81. The van der Waals surface area contributed by atoms with E-state index in [1.165, 1.54) is 12.7 Å². The van der Waals surface area contributed by atoms with Crippen LogP contribution in [0.1, 0.15) is 11.1 Å². The molecular weight excluding hydrogens is 194 g/mol. The monoisotopic (exact) mass is 207 g/mol. The van der Waals surface area contributed by atoms with Crippen LogP contribution in [0.25, 0.3) is 0 Å². The number of anilines is 1. The molecule has 0 bridgehead atoms. The molecule has 2 N–H and O–H groups in total. The molecule has 0 spiro atoms. The lowest BCUT2D eigenvalue weighted by atomic mass is 10.1. The van der Waals surface area contributed by atoms with Crippen molar-refractivity contribution in [2.24, 2.45) is 0 Å². The Bertz CT molecular complexity index is 389. The molecule has 4 nitrogen and oxygen atoms in total. The summed E-state index contributed by atoms with van der Waals surface area (Å²) in [6.45, 7) is 0. The molecule has 1 aromatic rings. The Kier molecular flexibility index (Phi) is 2.49. The van der Waals surface area contributed by atoms with Crippen LogP contribution in [0.4, 0.5) is 10.5 Å². The molecule has 0 fully saturated rings. The van der Waals surface area contributed by atoms with Crippen molar-refractivity contribution >= 4 is 11.8 Å².